The number of H-pyrrole nitrogens is 1. The number of benzene rings is 1. The number of hydrogen-bond acceptors (Lipinski definition) is 4. The van der Waals surface area contributed by atoms with E-state index in [1.54, 1.807) is 10.6 Å². The smallest absolute Gasteiger partial charge is 0.308 e. The van der Waals surface area contributed by atoms with Gasteiger partial charge in [-0.2, -0.15) is 10.2 Å². The average Bonchev–Trinajstić information content (AvgIpc) is 3.21. The van der Waals surface area contributed by atoms with E-state index in [0.717, 1.165) is 36.3 Å². The lowest BCUT2D eigenvalue weighted by Gasteiger charge is -2.09. The normalized spacial score (nSPS) is 13.4. The topological polar surface area (TPSA) is 97.6 Å². The van der Waals surface area contributed by atoms with Gasteiger partial charge in [-0.25, -0.2) is 9.48 Å². The zero-order valence-electron chi connectivity index (χ0n) is 14.3. The SMILES string of the molecule is O=C(Cn1nc2n(c1=O)CCCC2)Nc1cc(Cc2ccccc2)[nH]n1. The molecule has 3 aromatic rings. The van der Waals surface area contributed by atoms with E-state index >= 15 is 0 Å². The van der Waals surface area contributed by atoms with Crippen LogP contribution in [0.4, 0.5) is 5.82 Å². The molecule has 0 bridgehead atoms. The Morgan fingerprint density at radius 2 is 2.08 bits per heavy atom. The zero-order valence-corrected chi connectivity index (χ0v) is 14.3. The molecule has 4 rings (SSSR count). The Morgan fingerprint density at radius 1 is 1.23 bits per heavy atom. The van der Waals surface area contributed by atoms with Crippen LogP contribution in [0.15, 0.2) is 41.2 Å². The molecular weight excluding hydrogens is 332 g/mol. The molecule has 0 saturated carbocycles. The van der Waals surface area contributed by atoms with Crippen LogP contribution in [0.2, 0.25) is 0 Å². The van der Waals surface area contributed by atoms with Gasteiger partial charge in [0.2, 0.25) is 5.91 Å². The fourth-order valence-electron chi connectivity index (χ4n) is 3.20. The van der Waals surface area contributed by atoms with Crippen LogP contribution in [0.25, 0.3) is 0 Å². The van der Waals surface area contributed by atoms with E-state index < -0.39 is 0 Å². The van der Waals surface area contributed by atoms with E-state index in [2.05, 4.69) is 20.6 Å². The van der Waals surface area contributed by atoms with E-state index in [0.29, 0.717) is 18.8 Å². The van der Waals surface area contributed by atoms with Gasteiger partial charge in [-0.1, -0.05) is 30.3 Å². The first kappa shape index (κ1) is 16.3. The summed E-state index contributed by atoms with van der Waals surface area (Å²) in [5.41, 5.74) is 1.84. The highest BCUT2D eigenvalue weighted by Crippen LogP contribution is 2.12. The number of nitrogens with zero attached hydrogens (tertiary/aromatic N) is 4. The highest BCUT2D eigenvalue weighted by molar-refractivity contribution is 5.89. The zero-order chi connectivity index (χ0) is 17.9. The fraction of sp³-hybridized carbons (Fsp3) is 0.333. The Labute approximate surface area is 149 Å². The molecule has 0 unspecified atom stereocenters. The van der Waals surface area contributed by atoms with Crippen LogP contribution >= 0.6 is 0 Å². The van der Waals surface area contributed by atoms with Crippen molar-refractivity contribution in [3.8, 4) is 0 Å². The van der Waals surface area contributed by atoms with Crippen LogP contribution in [0, 0.1) is 0 Å². The third kappa shape index (κ3) is 3.44. The van der Waals surface area contributed by atoms with Crippen molar-refractivity contribution in [2.24, 2.45) is 0 Å². The van der Waals surface area contributed by atoms with Gasteiger partial charge in [0.15, 0.2) is 5.82 Å². The number of carbonyl (C=O) groups is 1. The van der Waals surface area contributed by atoms with Crippen molar-refractivity contribution < 1.29 is 4.79 Å². The first-order valence-corrected chi connectivity index (χ1v) is 8.73. The molecule has 0 atom stereocenters. The van der Waals surface area contributed by atoms with Crippen molar-refractivity contribution in [3.63, 3.8) is 0 Å². The van der Waals surface area contributed by atoms with Crippen LogP contribution in [0.5, 0.6) is 0 Å². The molecule has 0 radical (unpaired) electrons. The Morgan fingerprint density at radius 3 is 2.88 bits per heavy atom. The molecule has 0 fully saturated rings. The molecule has 134 valence electrons. The molecule has 2 N–H and O–H groups in total. The maximum atomic E-state index is 12.3. The molecule has 8 heteroatoms. The number of amides is 1. The quantitative estimate of drug-likeness (QED) is 0.724. The molecule has 2 aromatic heterocycles. The van der Waals surface area contributed by atoms with Gasteiger partial charge in [-0.3, -0.25) is 14.5 Å². The number of hydrogen-bond donors (Lipinski definition) is 2. The summed E-state index contributed by atoms with van der Waals surface area (Å²) in [6.07, 6.45) is 3.49. The Hall–Kier alpha value is -3.16. The second-order valence-corrected chi connectivity index (χ2v) is 6.45. The summed E-state index contributed by atoms with van der Waals surface area (Å²) in [7, 11) is 0. The van der Waals surface area contributed by atoms with Crippen molar-refractivity contribution in [3.05, 3.63) is 64.0 Å². The molecular formula is C18H20N6O2. The number of carbonyl (C=O) groups excluding carboxylic acids is 1. The van der Waals surface area contributed by atoms with E-state index in [9.17, 15) is 9.59 Å². The maximum Gasteiger partial charge on any atom is 0.346 e. The predicted molar refractivity (Wildman–Crippen MR) is 95.9 cm³/mol. The minimum Gasteiger partial charge on any atom is -0.308 e. The standard InChI is InChI=1S/C18H20N6O2/c25-17(12-24-18(26)23-9-5-4-8-16(23)22-24)19-15-11-14(20-21-15)10-13-6-2-1-3-7-13/h1-3,6-7,11H,4-5,8-10,12H2,(H2,19,20,21,25). The molecule has 26 heavy (non-hydrogen) atoms. The lowest BCUT2D eigenvalue weighted by Crippen LogP contribution is -2.30. The van der Waals surface area contributed by atoms with Gasteiger partial charge in [0.1, 0.15) is 12.4 Å². The van der Waals surface area contributed by atoms with Crippen molar-refractivity contribution in [1.29, 1.82) is 0 Å². The summed E-state index contributed by atoms with van der Waals surface area (Å²) in [5, 5.41) is 14.0. The average molecular weight is 352 g/mol. The molecule has 1 aliphatic heterocycles. The third-order valence-corrected chi connectivity index (χ3v) is 4.46. The number of nitrogens with one attached hydrogen (secondary N) is 2. The Bertz CT molecular complexity index is 969. The molecule has 3 heterocycles. The molecule has 1 aliphatic rings. The molecule has 1 amide bonds. The summed E-state index contributed by atoms with van der Waals surface area (Å²) in [6.45, 7) is 0.567. The lowest BCUT2D eigenvalue weighted by molar-refractivity contribution is -0.117. The van der Waals surface area contributed by atoms with Crippen molar-refractivity contribution in [1.82, 2.24) is 24.5 Å². The van der Waals surface area contributed by atoms with Gasteiger partial charge < -0.3 is 5.32 Å². The van der Waals surface area contributed by atoms with Crippen LogP contribution in [0.3, 0.4) is 0 Å². The van der Waals surface area contributed by atoms with Gasteiger partial charge in [0, 0.05) is 31.1 Å². The Kier molecular flexibility index (Phi) is 4.39. The monoisotopic (exact) mass is 352 g/mol. The number of fused-ring (bicyclic) bond motifs is 1. The molecule has 0 spiro atoms. The van der Waals surface area contributed by atoms with E-state index in [-0.39, 0.29) is 18.1 Å². The van der Waals surface area contributed by atoms with Gasteiger partial charge in [-0.05, 0) is 18.4 Å². The van der Waals surface area contributed by atoms with Crippen LogP contribution in [-0.4, -0.2) is 30.5 Å². The first-order valence-electron chi connectivity index (χ1n) is 8.73. The van der Waals surface area contributed by atoms with Crippen molar-refractivity contribution in [2.45, 2.75) is 38.8 Å². The van der Waals surface area contributed by atoms with Crippen molar-refractivity contribution >= 4 is 11.7 Å². The number of aromatic nitrogens is 5. The lowest BCUT2D eigenvalue weighted by atomic mass is 10.1. The highest BCUT2D eigenvalue weighted by Gasteiger charge is 2.18. The second kappa shape index (κ2) is 6.99. The third-order valence-electron chi connectivity index (χ3n) is 4.46. The van der Waals surface area contributed by atoms with Crippen LogP contribution < -0.4 is 11.0 Å². The van der Waals surface area contributed by atoms with Gasteiger partial charge >= 0.3 is 5.69 Å². The molecule has 0 aliphatic carbocycles. The number of aryl methyl sites for hydroxylation is 1. The fourth-order valence-corrected chi connectivity index (χ4v) is 3.20. The minimum atomic E-state index is -0.319. The summed E-state index contributed by atoms with van der Waals surface area (Å²) < 4.78 is 2.89. The second-order valence-electron chi connectivity index (χ2n) is 6.45. The Balaban J connectivity index is 1.40. The van der Waals surface area contributed by atoms with E-state index in [1.165, 1.54) is 4.68 Å². The summed E-state index contributed by atoms with van der Waals surface area (Å²) in [4.78, 5) is 24.5. The summed E-state index contributed by atoms with van der Waals surface area (Å²) in [6, 6.07) is 11.8. The predicted octanol–water partition coefficient (Wildman–Crippen LogP) is 1.33. The van der Waals surface area contributed by atoms with E-state index in [1.807, 2.05) is 30.3 Å². The molecule has 8 nitrogen and oxygen atoms in total. The number of rotatable bonds is 5. The van der Waals surface area contributed by atoms with E-state index in [4.69, 9.17) is 0 Å². The van der Waals surface area contributed by atoms with Gasteiger partial charge in [0.25, 0.3) is 0 Å². The number of anilines is 1. The summed E-state index contributed by atoms with van der Waals surface area (Å²) in [5.74, 6) is 0.886. The minimum absolute atomic E-state index is 0.111. The van der Waals surface area contributed by atoms with Crippen LogP contribution in [-0.2, 0) is 30.7 Å². The van der Waals surface area contributed by atoms with Crippen LogP contribution in [0.1, 0.15) is 29.9 Å². The summed E-state index contributed by atoms with van der Waals surface area (Å²) >= 11 is 0. The van der Waals surface area contributed by atoms with Gasteiger partial charge in [-0.15, -0.1) is 0 Å². The van der Waals surface area contributed by atoms with Gasteiger partial charge in [0.05, 0.1) is 0 Å². The highest BCUT2D eigenvalue weighted by atomic mass is 16.2. The molecule has 1 aromatic carbocycles. The number of aromatic amines is 1. The largest absolute Gasteiger partial charge is 0.346 e. The maximum absolute atomic E-state index is 12.3. The molecule has 0 saturated heterocycles. The first-order chi connectivity index (χ1) is 12.7. The van der Waals surface area contributed by atoms with Crippen molar-refractivity contribution in [2.75, 3.05) is 5.32 Å².